The quantitative estimate of drug-likeness (QED) is 0.757. The van der Waals surface area contributed by atoms with Crippen molar-refractivity contribution in [2.75, 3.05) is 0 Å². The Morgan fingerprint density at radius 2 is 2.29 bits per heavy atom. The fourth-order valence-electron chi connectivity index (χ4n) is 3.17. The average molecular weight is 213 g/mol. The minimum absolute atomic E-state index is 0.239. The molecule has 2 saturated carbocycles. The van der Waals surface area contributed by atoms with E-state index in [4.69, 9.17) is 16.1 Å². The van der Waals surface area contributed by atoms with Crippen molar-refractivity contribution in [3.8, 4) is 0 Å². The Morgan fingerprint density at radius 1 is 1.36 bits per heavy atom. The Kier molecular flexibility index (Phi) is 2.01. The van der Waals surface area contributed by atoms with Crippen molar-refractivity contribution in [3.05, 3.63) is 11.2 Å². The zero-order valence-electron chi connectivity index (χ0n) is 7.95. The van der Waals surface area contributed by atoms with E-state index in [1.807, 2.05) is 0 Å². The molecule has 2 aliphatic rings. The van der Waals surface area contributed by atoms with Crippen LogP contribution < -0.4 is 0 Å². The molecule has 0 spiro atoms. The van der Waals surface area contributed by atoms with Crippen molar-refractivity contribution in [1.82, 2.24) is 10.1 Å². The van der Waals surface area contributed by atoms with E-state index in [2.05, 4.69) is 10.1 Å². The molecule has 0 saturated heterocycles. The minimum Gasteiger partial charge on any atom is -0.338 e. The van der Waals surface area contributed by atoms with Gasteiger partial charge >= 0.3 is 0 Å². The summed E-state index contributed by atoms with van der Waals surface area (Å²) in [5.41, 5.74) is 0. The lowest BCUT2D eigenvalue weighted by molar-refractivity contribution is 0.288. The minimum atomic E-state index is 0.239. The number of halogens is 1. The number of hydrogen-bond acceptors (Lipinski definition) is 3. The second-order valence-corrected chi connectivity index (χ2v) is 4.93. The van der Waals surface area contributed by atoms with Crippen LogP contribution in [0.2, 0.25) is 5.28 Å². The molecule has 2 bridgehead atoms. The molecule has 2 aliphatic carbocycles. The fourth-order valence-corrected chi connectivity index (χ4v) is 3.30. The highest BCUT2D eigenvalue weighted by molar-refractivity contribution is 6.28. The Bertz CT molecular complexity index is 339. The van der Waals surface area contributed by atoms with Gasteiger partial charge in [0.2, 0.25) is 5.89 Å². The molecule has 2 fully saturated rings. The molecule has 0 aromatic carbocycles. The summed E-state index contributed by atoms with van der Waals surface area (Å²) in [6.07, 6.45) is 6.54. The molecule has 0 aliphatic heterocycles. The summed E-state index contributed by atoms with van der Waals surface area (Å²) in [4.78, 5) is 4.05. The van der Waals surface area contributed by atoms with Gasteiger partial charge in [-0.05, 0) is 53.8 Å². The average Bonchev–Trinajstić information content (AvgIpc) is 2.82. The molecule has 0 N–H and O–H groups in total. The van der Waals surface area contributed by atoms with Crippen molar-refractivity contribution < 1.29 is 4.52 Å². The number of rotatable bonds is 2. The van der Waals surface area contributed by atoms with Crippen LogP contribution in [-0.2, 0) is 6.42 Å². The Labute approximate surface area is 87.8 Å². The molecule has 3 rings (SSSR count). The van der Waals surface area contributed by atoms with Crippen LogP contribution in [-0.4, -0.2) is 10.1 Å². The van der Waals surface area contributed by atoms with E-state index >= 15 is 0 Å². The molecule has 1 aromatic heterocycles. The number of aromatic nitrogens is 2. The van der Waals surface area contributed by atoms with Gasteiger partial charge < -0.3 is 4.52 Å². The van der Waals surface area contributed by atoms with Crippen LogP contribution in [0.15, 0.2) is 4.52 Å². The highest BCUT2D eigenvalue weighted by Gasteiger charge is 2.39. The molecule has 14 heavy (non-hydrogen) atoms. The summed E-state index contributed by atoms with van der Waals surface area (Å²) in [7, 11) is 0. The van der Waals surface area contributed by atoms with E-state index in [1.54, 1.807) is 0 Å². The third-order valence-corrected chi connectivity index (χ3v) is 3.92. The zero-order chi connectivity index (χ0) is 9.54. The van der Waals surface area contributed by atoms with Gasteiger partial charge in [0, 0.05) is 6.42 Å². The third-order valence-electron chi connectivity index (χ3n) is 3.76. The highest BCUT2D eigenvalue weighted by Crippen LogP contribution is 2.49. The third kappa shape index (κ3) is 1.44. The molecule has 3 nitrogen and oxygen atoms in total. The maximum atomic E-state index is 5.61. The monoisotopic (exact) mass is 212 g/mol. The normalized spacial score (nSPS) is 35.4. The fraction of sp³-hybridized carbons (Fsp3) is 0.800. The molecular weight excluding hydrogens is 200 g/mol. The van der Waals surface area contributed by atoms with Crippen LogP contribution in [0.1, 0.15) is 31.6 Å². The Hall–Kier alpha value is -0.570. The maximum Gasteiger partial charge on any atom is 0.263 e. The van der Waals surface area contributed by atoms with Gasteiger partial charge in [-0.1, -0.05) is 6.42 Å². The second-order valence-electron chi connectivity index (χ2n) is 4.60. The van der Waals surface area contributed by atoms with Crippen LogP contribution >= 0.6 is 11.6 Å². The molecule has 3 atom stereocenters. The van der Waals surface area contributed by atoms with Gasteiger partial charge in [-0.3, -0.25) is 0 Å². The van der Waals surface area contributed by atoms with Gasteiger partial charge in [0.1, 0.15) is 0 Å². The number of hydrogen-bond donors (Lipinski definition) is 0. The molecule has 1 aromatic rings. The Morgan fingerprint density at radius 3 is 2.86 bits per heavy atom. The van der Waals surface area contributed by atoms with Crippen LogP contribution in [0.4, 0.5) is 0 Å². The summed E-state index contributed by atoms with van der Waals surface area (Å²) in [6, 6.07) is 0. The predicted octanol–water partition coefficient (Wildman–Crippen LogP) is 2.70. The Balaban J connectivity index is 1.68. The number of nitrogens with zero attached hydrogens (tertiary/aromatic N) is 2. The van der Waals surface area contributed by atoms with Crippen LogP contribution in [0.5, 0.6) is 0 Å². The van der Waals surface area contributed by atoms with Gasteiger partial charge in [-0.25, -0.2) is 0 Å². The molecule has 0 radical (unpaired) electrons. The predicted molar refractivity (Wildman–Crippen MR) is 52.0 cm³/mol. The lowest BCUT2D eigenvalue weighted by atomic mass is 9.86. The summed E-state index contributed by atoms with van der Waals surface area (Å²) in [5.74, 6) is 3.37. The van der Waals surface area contributed by atoms with Gasteiger partial charge in [0.15, 0.2) is 0 Å². The van der Waals surface area contributed by atoms with E-state index in [9.17, 15) is 0 Å². The van der Waals surface area contributed by atoms with E-state index in [0.717, 1.165) is 24.2 Å². The number of fused-ring (bicyclic) bond motifs is 2. The van der Waals surface area contributed by atoms with Crippen LogP contribution in [0.3, 0.4) is 0 Å². The van der Waals surface area contributed by atoms with Crippen molar-refractivity contribution >= 4 is 11.6 Å². The topological polar surface area (TPSA) is 38.9 Å². The summed E-state index contributed by atoms with van der Waals surface area (Å²) in [5, 5.41) is 3.84. The van der Waals surface area contributed by atoms with Crippen molar-refractivity contribution in [2.24, 2.45) is 17.8 Å². The molecular formula is C10H13ClN2O. The van der Waals surface area contributed by atoms with Gasteiger partial charge in [0.25, 0.3) is 5.28 Å². The second kappa shape index (κ2) is 3.23. The molecule has 76 valence electrons. The van der Waals surface area contributed by atoms with Crippen LogP contribution in [0, 0.1) is 17.8 Å². The van der Waals surface area contributed by atoms with E-state index in [-0.39, 0.29) is 5.28 Å². The van der Waals surface area contributed by atoms with Crippen molar-refractivity contribution in [2.45, 2.75) is 32.1 Å². The van der Waals surface area contributed by atoms with E-state index in [0.29, 0.717) is 5.89 Å². The van der Waals surface area contributed by atoms with Crippen molar-refractivity contribution in [3.63, 3.8) is 0 Å². The first-order chi connectivity index (χ1) is 6.81. The summed E-state index contributed by atoms with van der Waals surface area (Å²) in [6.45, 7) is 0. The molecule has 4 heteroatoms. The molecule has 1 heterocycles. The SMILES string of the molecule is Clc1noc(CC2CC3CCC2C3)n1. The van der Waals surface area contributed by atoms with Gasteiger partial charge in [-0.2, -0.15) is 4.98 Å². The summed E-state index contributed by atoms with van der Waals surface area (Å²) >= 11 is 5.61. The van der Waals surface area contributed by atoms with Crippen LogP contribution in [0.25, 0.3) is 0 Å². The van der Waals surface area contributed by atoms with Crippen molar-refractivity contribution in [1.29, 1.82) is 0 Å². The first-order valence-electron chi connectivity index (χ1n) is 5.29. The van der Waals surface area contributed by atoms with E-state index < -0.39 is 0 Å². The highest BCUT2D eigenvalue weighted by atomic mass is 35.5. The lowest BCUT2D eigenvalue weighted by Crippen LogP contribution is -2.13. The summed E-state index contributed by atoms with van der Waals surface area (Å²) < 4.78 is 5.04. The maximum absolute atomic E-state index is 5.61. The largest absolute Gasteiger partial charge is 0.338 e. The first kappa shape index (κ1) is 8.72. The molecule has 0 amide bonds. The van der Waals surface area contributed by atoms with Gasteiger partial charge in [-0.15, -0.1) is 0 Å². The zero-order valence-corrected chi connectivity index (χ0v) is 8.70. The van der Waals surface area contributed by atoms with Gasteiger partial charge in [0.05, 0.1) is 0 Å². The standard InChI is InChI=1S/C10H13ClN2O/c11-10-12-9(14-13-10)5-8-4-6-1-2-7(8)3-6/h6-8H,1-5H2. The smallest absolute Gasteiger partial charge is 0.263 e. The lowest BCUT2D eigenvalue weighted by Gasteiger charge is -2.19. The molecule has 3 unspecified atom stereocenters. The van der Waals surface area contributed by atoms with E-state index in [1.165, 1.54) is 25.7 Å². The first-order valence-corrected chi connectivity index (χ1v) is 5.67.